The van der Waals surface area contributed by atoms with E-state index in [1.165, 1.54) is 18.6 Å². The van der Waals surface area contributed by atoms with Crippen molar-refractivity contribution in [3.63, 3.8) is 0 Å². The van der Waals surface area contributed by atoms with Gasteiger partial charge < -0.3 is 10.6 Å². The molecular weight excluding hydrogens is 232 g/mol. The third-order valence-corrected chi connectivity index (χ3v) is 2.97. The number of thioether (sulfide) groups is 1. The molecule has 0 spiro atoms. The fourth-order valence-electron chi connectivity index (χ4n) is 1.52. The fraction of sp³-hybridized carbons (Fsp3) is 0.667. The van der Waals surface area contributed by atoms with Gasteiger partial charge in [-0.3, -0.25) is 0 Å². The van der Waals surface area contributed by atoms with Gasteiger partial charge in [0.15, 0.2) is 0 Å². The van der Waals surface area contributed by atoms with Crippen molar-refractivity contribution >= 4 is 23.4 Å². The Morgan fingerprint density at radius 3 is 2.53 bits per heavy atom. The van der Waals surface area contributed by atoms with Gasteiger partial charge in [-0.05, 0) is 38.7 Å². The normalized spacial score (nSPS) is 10.3. The van der Waals surface area contributed by atoms with Crippen molar-refractivity contribution in [3.8, 4) is 0 Å². The molecule has 1 aromatic heterocycles. The lowest BCUT2D eigenvalue weighted by Gasteiger charge is -2.08. The van der Waals surface area contributed by atoms with Crippen molar-refractivity contribution in [1.82, 2.24) is 9.97 Å². The lowest BCUT2D eigenvalue weighted by Crippen LogP contribution is -2.07. The molecule has 96 valence electrons. The summed E-state index contributed by atoms with van der Waals surface area (Å²) in [5.74, 6) is 3.84. The first-order chi connectivity index (χ1) is 8.26. The minimum Gasteiger partial charge on any atom is -0.370 e. The topological polar surface area (TPSA) is 49.8 Å². The van der Waals surface area contributed by atoms with Gasteiger partial charge in [0.1, 0.15) is 17.5 Å². The number of hydrogen-bond donors (Lipinski definition) is 2. The molecule has 0 amide bonds. The summed E-state index contributed by atoms with van der Waals surface area (Å²) in [6.07, 6.45) is 4.57. The highest BCUT2D eigenvalue weighted by molar-refractivity contribution is 7.98. The van der Waals surface area contributed by atoms with Crippen LogP contribution in [0.3, 0.4) is 0 Å². The van der Waals surface area contributed by atoms with Gasteiger partial charge in [-0.25, -0.2) is 9.97 Å². The number of nitrogens with one attached hydrogen (secondary N) is 2. The maximum absolute atomic E-state index is 4.37. The Balaban J connectivity index is 2.41. The summed E-state index contributed by atoms with van der Waals surface area (Å²) in [6, 6.07) is 1.96. The minimum absolute atomic E-state index is 0.801. The number of anilines is 2. The first-order valence-electron chi connectivity index (χ1n) is 6.08. The monoisotopic (exact) mass is 254 g/mol. The van der Waals surface area contributed by atoms with Crippen LogP contribution >= 0.6 is 11.8 Å². The third-order valence-electron chi connectivity index (χ3n) is 2.28. The van der Waals surface area contributed by atoms with Crippen LogP contribution in [0.25, 0.3) is 0 Å². The van der Waals surface area contributed by atoms with Crippen LogP contribution in [0.1, 0.15) is 25.6 Å². The highest BCUT2D eigenvalue weighted by atomic mass is 32.2. The molecule has 0 saturated heterocycles. The second kappa shape index (κ2) is 8.17. The number of hydrogen-bond acceptors (Lipinski definition) is 5. The summed E-state index contributed by atoms with van der Waals surface area (Å²) in [4.78, 5) is 8.68. The van der Waals surface area contributed by atoms with E-state index in [0.29, 0.717) is 0 Å². The van der Waals surface area contributed by atoms with Crippen LogP contribution in [0.5, 0.6) is 0 Å². The van der Waals surface area contributed by atoms with Gasteiger partial charge in [-0.15, -0.1) is 0 Å². The standard InChI is InChI=1S/C12H22N4S/c1-4-13-11-9-12(16-10(2)15-11)14-7-5-6-8-17-3/h9H,4-8H2,1-3H3,(H2,13,14,15,16). The molecule has 4 nitrogen and oxygen atoms in total. The highest BCUT2D eigenvalue weighted by Crippen LogP contribution is 2.11. The molecule has 0 aliphatic heterocycles. The second-order valence-corrected chi connectivity index (χ2v) is 4.83. The van der Waals surface area contributed by atoms with E-state index in [-0.39, 0.29) is 0 Å². The van der Waals surface area contributed by atoms with Gasteiger partial charge in [0.2, 0.25) is 0 Å². The molecule has 0 aromatic carbocycles. The van der Waals surface area contributed by atoms with E-state index in [1.807, 2.05) is 24.8 Å². The van der Waals surface area contributed by atoms with E-state index in [2.05, 4.69) is 33.8 Å². The summed E-state index contributed by atoms with van der Waals surface area (Å²) < 4.78 is 0. The molecule has 0 atom stereocenters. The van der Waals surface area contributed by atoms with Crippen molar-refractivity contribution in [2.24, 2.45) is 0 Å². The quantitative estimate of drug-likeness (QED) is 0.699. The molecule has 5 heteroatoms. The minimum atomic E-state index is 0.801. The van der Waals surface area contributed by atoms with Crippen molar-refractivity contribution < 1.29 is 0 Å². The van der Waals surface area contributed by atoms with E-state index in [0.717, 1.165) is 30.5 Å². The van der Waals surface area contributed by atoms with Gasteiger partial charge in [0, 0.05) is 19.2 Å². The Morgan fingerprint density at radius 2 is 1.88 bits per heavy atom. The lowest BCUT2D eigenvalue weighted by molar-refractivity contribution is 0.837. The predicted molar refractivity (Wildman–Crippen MR) is 77.0 cm³/mol. The third kappa shape index (κ3) is 5.77. The Morgan fingerprint density at radius 1 is 1.18 bits per heavy atom. The summed E-state index contributed by atoms with van der Waals surface area (Å²) in [5, 5.41) is 6.55. The van der Waals surface area contributed by atoms with Gasteiger partial charge in [0.25, 0.3) is 0 Å². The largest absolute Gasteiger partial charge is 0.370 e. The number of nitrogens with zero attached hydrogens (tertiary/aromatic N) is 2. The Labute approximate surface area is 108 Å². The zero-order chi connectivity index (χ0) is 12.5. The van der Waals surface area contributed by atoms with Crippen molar-refractivity contribution in [2.75, 3.05) is 35.7 Å². The molecule has 2 N–H and O–H groups in total. The number of unbranched alkanes of at least 4 members (excludes halogenated alkanes) is 1. The molecule has 0 fully saturated rings. The summed E-state index contributed by atoms with van der Waals surface area (Å²) in [7, 11) is 0. The molecule has 0 radical (unpaired) electrons. The fourth-order valence-corrected chi connectivity index (χ4v) is 2.01. The van der Waals surface area contributed by atoms with Gasteiger partial charge in [0.05, 0.1) is 0 Å². The second-order valence-electron chi connectivity index (χ2n) is 3.84. The molecule has 0 bridgehead atoms. The van der Waals surface area contributed by atoms with Gasteiger partial charge in [-0.1, -0.05) is 0 Å². The number of aromatic nitrogens is 2. The molecule has 17 heavy (non-hydrogen) atoms. The highest BCUT2D eigenvalue weighted by Gasteiger charge is 2.00. The molecule has 1 rings (SSSR count). The molecular formula is C12H22N4S. The Bertz CT molecular complexity index is 330. The average Bonchev–Trinajstić information content (AvgIpc) is 2.28. The predicted octanol–water partition coefficient (Wildman–Crippen LogP) is 2.77. The van der Waals surface area contributed by atoms with E-state index in [9.17, 15) is 0 Å². The summed E-state index contributed by atoms with van der Waals surface area (Å²) >= 11 is 1.90. The van der Waals surface area contributed by atoms with Gasteiger partial charge >= 0.3 is 0 Å². The van der Waals surface area contributed by atoms with Crippen molar-refractivity contribution in [3.05, 3.63) is 11.9 Å². The van der Waals surface area contributed by atoms with Gasteiger partial charge in [-0.2, -0.15) is 11.8 Å². The van der Waals surface area contributed by atoms with Crippen LogP contribution in [0.4, 0.5) is 11.6 Å². The van der Waals surface area contributed by atoms with Crippen LogP contribution in [-0.4, -0.2) is 35.1 Å². The number of aryl methyl sites for hydroxylation is 1. The number of rotatable bonds is 8. The first-order valence-corrected chi connectivity index (χ1v) is 7.48. The lowest BCUT2D eigenvalue weighted by atomic mass is 10.3. The SMILES string of the molecule is CCNc1cc(NCCCCSC)nc(C)n1. The maximum atomic E-state index is 4.37. The molecule has 0 unspecified atom stereocenters. The molecule has 1 heterocycles. The average molecular weight is 254 g/mol. The molecule has 0 aliphatic rings. The maximum Gasteiger partial charge on any atom is 0.131 e. The van der Waals surface area contributed by atoms with Crippen molar-refractivity contribution in [1.29, 1.82) is 0 Å². The molecule has 0 saturated carbocycles. The Kier molecular flexibility index (Phi) is 6.77. The smallest absolute Gasteiger partial charge is 0.131 e. The van der Waals surface area contributed by atoms with E-state index in [1.54, 1.807) is 0 Å². The van der Waals surface area contributed by atoms with Crippen LogP contribution < -0.4 is 10.6 Å². The van der Waals surface area contributed by atoms with Crippen LogP contribution in [0, 0.1) is 6.92 Å². The van der Waals surface area contributed by atoms with E-state index >= 15 is 0 Å². The summed E-state index contributed by atoms with van der Waals surface area (Å²) in [5.41, 5.74) is 0. The molecule has 0 aliphatic carbocycles. The zero-order valence-electron chi connectivity index (χ0n) is 10.9. The van der Waals surface area contributed by atoms with Crippen LogP contribution in [0.15, 0.2) is 6.07 Å². The van der Waals surface area contributed by atoms with Crippen molar-refractivity contribution in [2.45, 2.75) is 26.7 Å². The Hall–Kier alpha value is -0.970. The van der Waals surface area contributed by atoms with Crippen LogP contribution in [0.2, 0.25) is 0 Å². The van der Waals surface area contributed by atoms with E-state index < -0.39 is 0 Å². The van der Waals surface area contributed by atoms with Crippen LogP contribution in [-0.2, 0) is 0 Å². The zero-order valence-corrected chi connectivity index (χ0v) is 11.7. The summed E-state index contributed by atoms with van der Waals surface area (Å²) in [6.45, 7) is 5.83. The molecule has 1 aromatic rings. The first kappa shape index (κ1) is 14.1. The van der Waals surface area contributed by atoms with E-state index in [4.69, 9.17) is 0 Å².